The lowest BCUT2D eigenvalue weighted by molar-refractivity contribution is 0.241. The van der Waals surface area contributed by atoms with Crippen LogP contribution in [0.4, 0.5) is 13.2 Å². The van der Waals surface area contributed by atoms with Crippen LogP contribution >= 0.6 is 0 Å². The fourth-order valence-electron chi connectivity index (χ4n) is 1.69. The molecule has 3 N–H and O–H groups in total. The van der Waals surface area contributed by atoms with Crippen LogP contribution in [0.25, 0.3) is 0 Å². The fraction of sp³-hybridized carbons (Fsp3) is 0.455. The van der Waals surface area contributed by atoms with E-state index in [1.807, 2.05) is 0 Å². The normalized spacial score (nSPS) is 14.9. The predicted molar refractivity (Wildman–Crippen MR) is 54.4 cm³/mol. The maximum Gasteiger partial charge on any atom is 0.132 e. The molecule has 0 saturated heterocycles. The molecule has 0 aliphatic carbocycles. The Morgan fingerprint density at radius 2 is 1.75 bits per heavy atom. The van der Waals surface area contributed by atoms with Crippen molar-refractivity contribution in [2.45, 2.75) is 18.8 Å². The lowest BCUT2D eigenvalue weighted by Crippen LogP contribution is -2.35. The molecule has 1 unspecified atom stereocenters. The van der Waals surface area contributed by atoms with E-state index in [1.165, 1.54) is 6.92 Å². The average molecular weight is 233 g/mol. The minimum atomic E-state index is -1.03. The van der Waals surface area contributed by atoms with Crippen LogP contribution in [-0.2, 0) is 5.41 Å². The molecule has 0 spiro atoms. The molecular formula is C11H14F3NO. The zero-order valence-corrected chi connectivity index (χ0v) is 8.93. The Labute approximate surface area is 91.9 Å². The van der Waals surface area contributed by atoms with Crippen molar-refractivity contribution in [1.82, 2.24) is 0 Å². The highest BCUT2D eigenvalue weighted by atomic mass is 19.1. The first-order chi connectivity index (χ1) is 7.44. The Kier molecular flexibility index (Phi) is 3.93. The maximum absolute atomic E-state index is 13.5. The largest absolute Gasteiger partial charge is 0.396 e. The van der Waals surface area contributed by atoms with Crippen LogP contribution in [0.5, 0.6) is 0 Å². The number of nitrogens with two attached hydrogens (primary N) is 1. The molecule has 1 rings (SSSR count). The molecule has 0 amide bonds. The molecule has 16 heavy (non-hydrogen) atoms. The Bertz CT molecular complexity index is 360. The molecule has 1 aromatic rings. The fourth-order valence-corrected chi connectivity index (χ4v) is 1.69. The van der Waals surface area contributed by atoms with Crippen LogP contribution in [0.2, 0.25) is 0 Å². The van der Waals surface area contributed by atoms with Crippen LogP contribution in [0, 0.1) is 17.5 Å². The number of benzene rings is 1. The lowest BCUT2D eigenvalue weighted by atomic mass is 9.79. The monoisotopic (exact) mass is 233 g/mol. The Morgan fingerprint density at radius 3 is 2.12 bits per heavy atom. The molecule has 0 heterocycles. The summed E-state index contributed by atoms with van der Waals surface area (Å²) < 4.78 is 39.7. The standard InChI is InChI=1S/C11H14F3NO/c1-11(6-15,2-3-16)10-8(13)4-7(12)5-9(10)14/h4-5,16H,2-3,6,15H2,1H3. The first-order valence-electron chi connectivity index (χ1n) is 4.90. The van der Waals surface area contributed by atoms with Crippen LogP contribution in [-0.4, -0.2) is 18.3 Å². The number of halogens is 3. The van der Waals surface area contributed by atoms with Crippen LogP contribution in [0.15, 0.2) is 12.1 Å². The van der Waals surface area contributed by atoms with Gasteiger partial charge >= 0.3 is 0 Å². The van der Waals surface area contributed by atoms with Gasteiger partial charge in [0, 0.05) is 36.3 Å². The van der Waals surface area contributed by atoms with Crippen molar-refractivity contribution in [2.24, 2.45) is 5.73 Å². The first-order valence-corrected chi connectivity index (χ1v) is 4.90. The number of rotatable bonds is 4. The molecule has 0 bridgehead atoms. The average Bonchev–Trinajstić information content (AvgIpc) is 2.16. The van der Waals surface area contributed by atoms with E-state index in [9.17, 15) is 13.2 Å². The zero-order valence-electron chi connectivity index (χ0n) is 8.93. The first kappa shape index (κ1) is 13.0. The highest BCUT2D eigenvalue weighted by molar-refractivity contribution is 5.29. The lowest BCUT2D eigenvalue weighted by Gasteiger charge is -2.28. The summed E-state index contributed by atoms with van der Waals surface area (Å²) in [6, 6.07) is 1.23. The minimum Gasteiger partial charge on any atom is -0.396 e. The summed E-state index contributed by atoms with van der Waals surface area (Å²) in [7, 11) is 0. The molecule has 0 saturated carbocycles. The highest BCUT2D eigenvalue weighted by Gasteiger charge is 2.31. The summed E-state index contributed by atoms with van der Waals surface area (Å²) in [5.41, 5.74) is 4.16. The summed E-state index contributed by atoms with van der Waals surface area (Å²) in [6.07, 6.45) is 0.114. The molecular weight excluding hydrogens is 219 g/mol. The topological polar surface area (TPSA) is 46.2 Å². The zero-order chi connectivity index (χ0) is 12.3. The summed E-state index contributed by atoms with van der Waals surface area (Å²) in [6.45, 7) is 1.25. The van der Waals surface area contributed by atoms with Crippen molar-refractivity contribution < 1.29 is 18.3 Å². The van der Waals surface area contributed by atoms with E-state index in [1.54, 1.807) is 0 Å². The molecule has 0 radical (unpaired) electrons. The summed E-state index contributed by atoms with van der Waals surface area (Å²) >= 11 is 0. The van der Waals surface area contributed by atoms with Gasteiger partial charge in [-0.3, -0.25) is 0 Å². The number of hydrogen-bond acceptors (Lipinski definition) is 2. The van der Waals surface area contributed by atoms with Crippen molar-refractivity contribution in [3.8, 4) is 0 Å². The van der Waals surface area contributed by atoms with E-state index >= 15 is 0 Å². The Hall–Kier alpha value is -1.07. The van der Waals surface area contributed by atoms with E-state index < -0.39 is 22.9 Å². The third kappa shape index (κ3) is 2.36. The van der Waals surface area contributed by atoms with Gasteiger partial charge in [-0.2, -0.15) is 0 Å². The van der Waals surface area contributed by atoms with Gasteiger partial charge in [-0.05, 0) is 6.42 Å². The van der Waals surface area contributed by atoms with Crippen molar-refractivity contribution >= 4 is 0 Å². The van der Waals surface area contributed by atoms with Gasteiger partial charge in [0.1, 0.15) is 17.5 Å². The van der Waals surface area contributed by atoms with Crippen molar-refractivity contribution in [1.29, 1.82) is 0 Å². The van der Waals surface area contributed by atoms with E-state index in [0.29, 0.717) is 12.1 Å². The van der Waals surface area contributed by atoms with Crippen molar-refractivity contribution in [3.05, 3.63) is 35.1 Å². The summed E-state index contributed by atoms with van der Waals surface area (Å²) in [5.74, 6) is -2.92. The number of hydrogen-bond donors (Lipinski definition) is 2. The van der Waals surface area contributed by atoms with E-state index in [4.69, 9.17) is 10.8 Å². The highest BCUT2D eigenvalue weighted by Crippen LogP contribution is 2.31. The van der Waals surface area contributed by atoms with Gasteiger partial charge in [-0.25, -0.2) is 13.2 Å². The van der Waals surface area contributed by atoms with Gasteiger partial charge < -0.3 is 10.8 Å². The molecule has 0 fully saturated rings. The van der Waals surface area contributed by atoms with Gasteiger partial charge in [0.15, 0.2) is 0 Å². The maximum atomic E-state index is 13.5. The predicted octanol–water partition coefficient (Wildman–Crippen LogP) is 1.70. The molecule has 0 aromatic heterocycles. The van der Waals surface area contributed by atoms with Gasteiger partial charge in [0.05, 0.1) is 0 Å². The molecule has 2 nitrogen and oxygen atoms in total. The minimum absolute atomic E-state index is 0.0347. The number of aliphatic hydroxyl groups excluding tert-OH is 1. The van der Waals surface area contributed by atoms with Crippen molar-refractivity contribution in [2.75, 3.05) is 13.2 Å². The SMILES string of the molecule is CC(CN)(CCO)c1c(F)cc(F)cc1F. The van der Waals surface area contributed by atoms with Gasteiger partial charge in [-0.1, -0.05) is 6.92 Å². The molecule has 0 aliphatic rings. The molecule has 90 valence electrons. The van der Waals surface area contributed by atoms with Gasteiger partial charge in [0.25, 0.3) is 0 Å². The quantitative estimate of drug-likeness (QED) is 0.831. The molecule has 1 aromatic carbocycles. The van der Waals surface area contributed by atoms with E-state index in [-0.39, 0.29) is 25.1 Å². The third-order valence-electron chi connectivity index (χ3n) is 2.72. The molecule has 0 aliphatic heterocycles. The van der Waals surface area contributed by atoms with Crippen molar-refractivity contribution in [3.63, 3.8) is 0 Å². The molecule has 1 atom stereocenters. The van der Waals surface area contributed by atoms with Crippen LogP contribution in [0.1, 0.15) is 18.9 Å². The van der Waals surface area contributed by atoms with E-state index in [2.05, 4.69) is 0 Å². The third-order valence-corrected chi connectivity index (χ3v) is 2.72. The molecule has 5 heteroatoms. The Balaban J connectivity index is 3.30. The smallest absolute Gasteiger partial charge is 0.132 e. The van der Waals surface area contributed by atoms with Crippen LogP contribution in [0.3, 0.4) is 0 Å². The Morgan fingerprint density at radius 1 is 1.25 bits per heavy atom. The second kappa shape index (κ2) is 4.84. The van der Waals surface area contributed by atoms with E-state index in [0.717, 1.165) is 0 Å². The number of aliphatic hydroxyl groups is 1. The summed E-state index contributed by atoms with van der Waals surface area (Å²) in [5, 5.41) is 8.86. The van der Waals surface area contributed by atoms with Gasteiger partial charge in [-0.15, -0.1) is 0 Å². The summed E-state index contributed by atoms with van der Waals surface area (Å²) in [4.78, 5) is 0. The van der Waals surface area contributed by atoms with Crippen LogP contribution < -0.4 is 5.73 Å². The second-order valence-electron chi connectivity index (χ2n) is 3.98. The van der Waals surface area contributed by atoms with Gasteiger partial charge in [0.2, 0.25) is 0 Å². The second-order valence-corrected chi connectivity index (χ2v) is 3.98.